The Kier molecular flexibility index (Phi) is 5.79. The van der Waals surface area contributed by atoms with E-state index >= 15 is 0 Å². The van der Waals surface area contributed by atoms with Crippen molar-refractivity contribution in [1.29, 1.82) is 0 Å². The summed E-state index contributed by atoms with van der Waals surface area (Å²) in [6, 6.07) is 21.0. The van der Waals surface area contributed by atoms with Gasteiger partial charge in [-0.3, -0.25) is 4.79 Å². The number of ether oxygens (including phenoxy) is 1. The number of rotatable bonds is 6. The lowest BCUT2D eigenvalue weighted by atomic mass is 10.1. The number of fused-ring (bicyclic) bond motifs is 1. The first-order valence-electron chi connectivity index (χ1n) is 9.29. The number of para-hydroxylation sites is 1. The van der Waals surface area contributed by atoms with Gasteiger partial charge in [-0.15, -0.1) is 11.3 Å². The van der Waals surface area contributed by atoms with E-state index in [1.165, 1.54) is 4.70 Å². The number of benzene rings is 3. The minimum absolute atomic E-state index is 0.214. The van der Waals surface area contributed by atoms with Gasteiger partial charge in [0.1, 0.15) is 5.75 Å². The number of thiazole rings is 1. The Labute approximate surface area is 178 Å². The summed E-state index contributed by atoms with van der Waals surface area (Å²) < 4.78 is 6.60. The predicted octanol–water partition coefficient (Wildman–Crippen LogP) is 6.19. The van der Waals surface area contributed by atoms with Gasteiger partial charge in [0.25, 0.3) is 5.91 Å². The van der Waals surface area contributed by atoms with Crippen LogP contribution in [0.4, 0.5) is 5.69 Å². The van der Waals surface area contributed by atoms with E-state index in [-0.39, 0.29) is 5.91 Å². The molecule has 0 radical (unpaired) electrons. The molecule has 1 N–H and O–H groups in total. The number of hydrogen-bond donors (Lipinski definition) is 1. The van der Waals surface area contributed by atoms with Crippen LogP contribution in [0.25, 0.3) is 10.2 Å². The molecule has 146 valence electrons. The fraction of sp³-hybridized carbons (Fsp3) is 0.130. The maximum absolute atomic E-state index is 12.5. The van der Waals surface area contributed by atoms with Crippen molar-refractivity contribution in [3.05, 3.63) is 87.9 Å². The largest absolute Gasteiger partial charge is 0.492 e. The van der Waals surface area contributed by atoms with Crippen molar-refractivity contribution in [2.45, 2.75) is 13.3 Å². The van der Waals surface area contributed by atoms with Crippen molar-refractivity contribution in [3.8, 4) is 5.75 Å². The summed E-state index contributed by atoms with van der Waals surface area (Å²) in [7, 11) is 0. The lowest BCUT2D eigenvalue weighted by Crippen LogP contribution is -2.12. The Bertz CT molecular complexity index is 1120. The first-order chi connectivity index (χ1) is 14.1. The molecular weight excluding hydrogens is 404 g/mol. The molecule has 1 heterocycles. The van der Waals surface area contributed by atoms with E-state index in [9.17, 15) is 4.79 Å². The Hall–Kier alpha value is -2.89. The molecule has 0 aliphatic heterocycles. The van der Waals surface area contributed by atoms with E-state index in [4.69, 9.17) is 16.3 Å². The maximum atomic E-state index is 12.5. The fourth-order valence-corrected chi connectivity index (χ4v) is 4.23. The van der Waals surface area contributed by atoms with Gasteiger partial charge in [-0.1, -0.05) is 35.9 Å². The van der Waals surface area contributed by atoms with Crippen molar-refractivity contribution < 1.29 is 9.53 Å². The van der Waals surface area contributed by atoms with E-state index in [2.05, 4.69) is 16.4 Å². The number of carbonyl (C=O) groups excluding carboxylic acids is 1. The Morgan fingerprint density at radius 2 is 1.90 bits per heavy atom. The van der Waals surface area contributed by atoms with Gasteiger partial charge in [0.05, 0.1) is 26.9 Å². The smallest absolute Gasteiger partial charge is 0.255 e. The van der Waals surface area contributed by atoms with Crippen LogP contribution >= 0.6 is 22.9 Å². The number of hydrogen-bond acceptors (Lipinski definition) is 4. The molecule has 0 spiro atoms. The summed E-state index contributed by atoms with van der Waals surface area (Å²) in [5.74, 6) is 0.360. The Morgan fingerprint density at radius 3 is 2.62 bits per heavy atom. The second-order valence-electron chi connectivity index (χ2n) is 6.48. The SMILES string of the molecule is CCOc1ccc(C(=O)Nc2ccc(Cc3nc4ccccc4s3)cc2)cc1Cl. The summed E-state index contributed by atoms with van der Waals surface area (Å²) in [5, 5.41) is 4.40. The highest BCUT2D eigenvalue weighted by Crippen LogP contribution is 2.26. The molecule has 0 bridgehead atoms. The number of aromatic nitrogens is 1. The van der Waals surface area contributed by atoms with Crippen LogP contribution in [0, 0.1) is 0 Å². The van der Waals surface area contributed by atoms with Crippen molar-refractivity contribution in [3.63, 3.8) is 0 Å². The molecule has 4 aromatic rings. The van der Waals surface area contributed by atoms with Crippen molar-refractivity contribution >= 4 is 44.7 Å². The lowest BCUT2D eigenvalue weighted by molar-refractivity contribution is 0.102. The molecule has 0 saturated carbocycles. The summed E-state index contributed by atoms with van der Waals surface area (Å²) in [6.45, 7) is 2.41. The molecule has 1 aromatic heterocycles. The molecule has 0 saturated heterocycles. The van der Waals surface area contributed by atoms with Gasteiger partial charge >= 0.3 is 0 Å². The van der Waals surface area contributed by atoms with Crippen LogP contribution < -0.4 is 10.1 Å². The number of carbonyl (C=O) groups is 1. The number of nitrogens with one attached hydrogen (secondary N) is 1. The summed E-state index contributed by atoms with van der Waals surface area (Å²) in [4.78, 5) is 17.2. The van der Waals surface area contributed by atoms with Gasteiger partial charge < -0.3 is 10.1 Å². The number of amides is 1. The maximum Gasteiger partial charge on any atom is 0.255 e. The average molecular weight is 423 g/mol. The minimum atomic E-state index is -0.214. The third kappa shape index (κ3) is 4.58. The fourth-order valence-electron chi connectivity index (χ4n) is 2.99. The third-order valence-electron chi connectivity index (χ3n) is 4.40. The molecule has 0 aliphatic carbocycles. The summed E-state index contributed by atoms with van der Waals surface area (Å²) in [6.07, 6.45) is 0.766. The van der Waals surface area contributed by atoms with Crippen molar-refractivity contribution in [1.82, 2.24) is 4.98 Å². The van der Waals surface area contributed by atoms with Crippen LogP contribution in [0.15, 0.2) is 66.7 Å². The highest BCUT2D eigenvalue weighted by Gasteiger charge is 2.10. The van der Waals surface area contributed by atoms with Crippen LogP contribution in [0.3, 0.4) is 0 Å². The highest BCUT2D eigenvalue weighted by atomic mass is 35.5. The van der Waals surface area contributed by atoms with Gasteiger partial charge in [-0.05, 0) is 55.0 Å². The zero-order chi connectivity index (χ0) is 20.2. The Morgan fingerprint density at radius 1 is 1.10 bits per heavy atom. The Balaban J connectivity index is 1.42. The van der Waals surface area contributed by atoms with Gasteiger partial charge in [0, 0.05) is 17.7 Å². The summed E-state index contributed by atoms with van der Waals surface area (Å²) in [5.41, 5.74) is 3.39. The molecule has 0 aliphatic rings. The monoisotopic (exact) mass is 422 g/mol. The minimum Gasteiger partial charge on any atom is -0.492 e. The lowest BCUT2D eigenvalue weighted by Gasteiger charge is -2.09. The number of nitrogens with zero attached hydrogens (tertiary/aromatic N) is 1. The predicted molar refractivity (Wildman–Crippen MR) is 119 cm³/mol. The highest BCUT2D eigenvalue weighted by molar-refractivity contribution is 7.18. The second-order valence-corrected chi connectivity index (χ2v) is 8.00. The first-order valence-corrected chi connectivity index (χ1v) is 10.5. The van der Waals surface area contributed by atoms with E-state index in [1.807, 2.05) is 49.4 Å². The molecule has 0 fully saturated rings. The molecule has 4 rings (SSSR count). The molecule has 0 unspecified atom stereocenters. The standard InChI is InChI=1S/C23H19ClN2O2S/c1-2-28-20-12-9-16(14-18(20)24)23(27)25-17-10-7-15(8-11-17)13-22-26-19-5-3-4-6-21(19)29-22/h3-12,14H,2,13H2,1H3,(H,25,27). The van der Waals surface area contributed by atoms with Gasteiger partial charge in [-0.2, -0.15) is 0 Å². The molecule has 29 heavy (non-hydrogen) atoms. The van der Waals surface area contributed by atoms with Crippen molar-refractivity contribution in [2.24, 2.45) is 0 Å². The van der Waals surface area contributed by atoms with Gasteiger partial charge in [0.15, 0.2) is 0 Å². The summed E-state index contributed by atoms with van der Waals surface area (Å²) >= 11 is 7.88. The third-order valence-corrected chi connectivity index (χ3v) is 5.73. The first kappa shape index (κ1) is 19.4. The van der Waals surface area contributed by atoms with E-state index < -0.39 is 0 Å². The van der Waals surface area contributed by atoms with E-state index in [0.29, 0.717) is 22.9 Å². The quantitative estimate of drug-likeness (QED) is 0.403. The average Bonchev–Trinajstić information content (AvgIpc) is 3.13. The topological polar surface area (TPSA) is 51.2 Å². The van der Waals surface area contributed by atoms with Gasteiger partial charge in [-0.25, -0.2) is 4.98 Å². The zero-order valence-electron chi connectivity index (χ0n) is 15.8. The van der Waals surface area contributed by atoms with E-state index in [0.717, 1.165) is 28.2 Å². The van der Waals surface area contributed by atoms with Crippen LogP contribution in [0.1, 0.15) is 27.9 Å². The van der Waals surface area contributed by atoms with Gasteiger partial charge in [0.2, 0.25) is 0 Å². The molecule has 1 amide bonds. The van der Waals surface area contributed by atoms with Crippen molar-refractivity contribution in [2.75, 3.05) is 11.9 Å². The normalized spacial score (nSPS) is 10.8. The molecule has 0 atom stereocenters. The van der Waals surface area contributed by atoms with E-state index in [1.54, 1.807) is 29.5 Å². The van der Waals surface area contributed by atoms with Crippen LogP contribution in [-0.4, -0.2) is 17.5 Å². The number of halogens is 1. The molecule has 6 heteroatoms. The molecule has 4 nitrogen and oxygen atoms in total. The van der Waals surface area contributed by atoms with Crippen LogP contribution in [0.5, 0.6) is 5.75 Å². The second kappa shape index (κ2) is 8.64. The van der Waals surface area contributed by atoms with Crippen LogP contribution in [0.2, 0.25) is 5.02 Å². The molecular formula is C23H19ClN2O2S. The number of anilines is 1. The zero-order valence-corrected chi connectivity index (χ0v) is 17.4. The molecule has 3 aromatic carbocycles. The van der Waals surface area contributed by atoms with Crippen LogP contribution in [-0.2, 0) is 6.42 Å².